The van der Waals surface area contributed by atoms with Crippen molar-refractivity contribution in [1.82, 2.24) is 0 Å². The van der Waals surface area contributed by atoms with E-state index < -0.39 is 0 Å². The summed E-state index contributed by atoms with van der Waals surface area (Å²) in [7, 11) is 0. The topological polar surface area (TPSA) is 40.5 Å². The van der Waals surface area contributed by atoms with Gasteiger partial charge in [0.15, 0.2) is 0 Å². The number of phenolic OH excluding ortho intramolecular Hbond substituents is 1. The van der Waals surface area contributed by atoms with E-state index in [1.807, 2.05) is 12.1 Å². The highest BCUT2D eigenvalue weighted by atomic mass is 16.3. The third-order valence-electron chi connectivity index (χ3n) is 1.47. The van der Waals surface area contributed by atoms with Gasteiger partial charge < -0.3 is 10.2 Å². The Morgan fingerprint density at radius 3 is 2.27 bits per heavy atom. The van der Waals surface area contributed by atoms with E-state index in [1.165, 1.54) is 0 Å². The summed E-state index contributed by atoms with van der Waals surface area (Å²) in [6, 6.07) is 6.86. The van der Waals surface area contributed by atoms with Crippen LogP contribution in [-0.4, -0.2) is 16.3 Å². The molecule has 1 atom stereocenters. The van der Waals surface area contributed by atoms with Crippen LogP contribution in [0.15, 0.2) is 24.3 Å². The molecule has 1 aromatic rings. The van der Waals surface area contributed by atoms with Crippen LogP contribution < -0.4 is 0 Å². The third-order valence-corrected chi connectivity index (χ3v) is 1.47. The highest BCUT2D eigenvalue weighted by molar-refractivity contribution is 5.26. The van der Waals surface area contributed by atoms with Crippen molar-refractivity contribution in [1.29, 1.82) is 0 Å². The largest absolute Gasteiger partial charge is 0.508 e. The Morgan fingerprint density at radius 1 is 1.27 bits per heavy atom. The van der Waals surface area contributed by atoms with Gasteiger partial charge in [-0.15, -0.1) is 0 Å². The zero-order chi connectivity index (χ0) is 8.27. The maximum absolute atomic E-state index is 9.01. The van der Waals surface area contributed by atoms with E-state index in [-0.39, 0.29) is 11.9 Å². The molecule has 0 aliphatic rings. The molecule has 2 N–H and O–H groups in total. The van der Waals surface area contributed by atoms with E-state index in [9.17, 15) is 0 Å². The van der Waals surface area contributed by atoms with Crippen LogP contribution in [0.4, 0.5) is 0 Å². The predicted molar refractivity (Wildman–Crippen MR) is 43.5 cm³/mol. The molecule has 0 unspecified atom stereocenters. The Bertz CT molecular complexity index is 214. The molecule has 0 amide bonds. The second-order valence-corrected chi connectivity index (χ2v) is 2.72. The van der Waals surface area contributed by atoms with Crippen LogP contribution in [0.1, 0.15) is 12.5 Å². The first-order chi connectivity index (χ1) is 5.18. The molecule has 60 valence electrons. The fourth-order valence-corrected chi connectivity index (χ4v) is 0.973. The molecule has 0 saturated heterocycles. The van der Waals surface area contributed by atoms with Crippen LogP contribution in [0.5, 0.6) is 5.75 Å². The van der Waals surface area contributed by atoms with Crippen molar-refractivity contribution in [3.8, 4) is 5.75 Å². The molecule has 0 aliphatic carbocycles. The fraction of sp³-hybridized carbons (Fsp3) is 0.333. The lowest BCUT2D eigenvalue weighted by atomic mass is 10.1. The Morgan fingerprint density at radius 2 is 1.82 bits per heavy atom. The molecule has 0 fully saturated rings. The molecule has 2 heteroatoms. The monoisotopic (exact) mass is 152 g/mol. The minimum absolute atomic E-state index is 0.263. The Balaban J connectivity index is 2.66. The summed E-state index contributed by atoms with van der Waals surface area (Å²) in [6.45, 7) is 1.74. The minimum atomic E-state index is -0.320. The molecule has 11 heavy (non-hydrogen) atoms. The number of phenols is 1. The number of hydrogen-bond acceptors (Lipinski definition) is 2. The smallest absolute Gasteiger partial charge is 0.115 e. The van der Waals surface area contributed by atoms with Gasteiger partial charge in [0.05, 0.1) is 6.10 Å². The lowest BCUT2D eigenvalue weighted by Gasteiger charge is -2.03. The van der Waals surface area contributed by atoms with Crippen LogP contribution in [0.2, 0.25) is 0 Å². The van der Waals surface area contributed by atoms with E-state index in [4.69, 9.17) is 10.2 Å². The molecule has 2 nitrogen and oxygen atoms in total. The molecule has 0 saturated carbocycles. The predicted octanol–water partition coefficient (Wildman–Crippen LogP) is 1.32. The highest BCUT2D eigenvalue weighted by Gasteiger charge is 1.97. The zero-order valence-electron chi connectivity index (χ0n) is 6.49. The van der Waals surface area contributed by atoms with Gasteiger partial charge in [0.1, 0.15) is 5.75 Å². The summed E-state index contributed by atoms with van der Waals surface area (Å²) in [5.74, 6) is 0.263. The van der Waals surface area contributed by atoms with Crippen molar-refractivity contribution in [3.63, 3.8) is 0 Å². The Hall–Kier alpha value is -1.02. The van der Waals surface area contributed by atoms with Gasteiger partial charge in [0.2, 0.25) is 0 Å². The summed E-state index contributed by atoms with van der Waals surface area (Å²) in [4.78, 5) is 0. The second kappa shape index (κ2) is 3.39. The maximum atomic E-state index is 9.01. The average Bonchev–Trinajstić information content (AvgIpc) is 1.93. The number of hydrogen-bond donors (Lipinski definition) is 2. The number of aromatic hydroxyl groups is 1. The van der Waals surface area contributed by atoms with Crippen molar-refractivity contribution in [2.75, 3.05) is 0 Å². The number of rotatable bonds is 2. The molecule has 0 aromatic heterocycles. The van der Waals surface area contributed by atoms with Gasteiger partial charge in [0, 0.05) is 0 Å². The van der Waals surface area contributed by atoms with Crippen molar-refractivity contribution in [2.45, 2.75) is 19.4 Å². The van der Waals surface area contributed by atoms with E-state index >= 15 is 0 Å². The van der Waals surface area contributed by atoms with Gasteiger partial charge in [-0.05, 0) is 31.0 Å². The molecule has 0 heterocycles. The van der Waals surface area contributed by atoms with Crippen LogP contribution in [0.25, 0.3) is 0 Å². The molecule has 0 radical (unpaired) electrons. The third kappa shape index (κ3) is 2.60. The Labute approximate surface area is 66.1 Å². The summed E-state index contributed by atoms with van der Waals surface area (Å²) < 4.78 is 0. The number of aliphatic hydroxyl groups excluding tert-OH is 1. The average molecular weight is 152 g/mol. The van der Waals surface area contributed by atoms with E-state index in [1.54, 1.807) is 19.1 Å². The zero-order valence-corrected chi connectivity index (χ0v) is 6.49. The van der Waals surface area contributed by atoms with Gasteiger partial charge in [-0.25, -0.2) is 0 Å². The van der Waals surface area contributed by atoms with E-state index in [0.717, 1.165) is 5.56 Å². The minimum Gasteiger partial charge on any atom is -0.508 e. The van der Waals surface area contributed by atoms with E-state index in [2.05, 4.69) is 0 Å². The van der Waals surface area contributed by atoms with Crippen molar-refractivity contribution in [3.05, 3.63) is 29.8 Å². The van der Waals surface area contributed by atoms with Crippen molar-refractivity contribution < 1.29 is 10.2 Å². The van der Waals surface area contributed by atoms with Gasteiger partial charge in [-0.1, -0.05) is 12.1 Å². The van der Waals surface area contributed by atoms with Gasteiger partial charge in [0.25, 0.3) is 0 Å². The van der Waals surface area contributed by atoms with Gasteiger partial charge >= 0.3 is 0 Å². The lowest BCUT2D eigenvalue weighted by molar-refractivity contribution is 0.195. The normalized spacial score (nSPS) is 12.9. The molecular formula is C9H12O2. The first-order valence-electron chi connectivity index (χ1n) is 3.64. The van der Waals surface area contributed by atoms with Gasteiger partial charge in [-0.3, -0.25) is 0 Å². The SMILES string of the molecule is C[C@@H](O)Cc1ccc(O)cc1. The van der Waals surface area contributed by atoms with Crippen LogP contribution in [-0.2, 0) is 6.42 Å². The van der Waals surface area contributed by atoms with Crippen LogP contribution >= 0.6 is 0 Å². The highest BCUT2D eigenvalue weighted by Crippen LogP contribution is 2.10. The van der Waals surface area contributed by atoms with Gasteiger partial charge in [-0.2, -0.15) is 0 Å². The van der Waals surface area contributed by atoms with Crippen molar-refractivity contribution in [2.24, 2.45) is 0 Å². The number of benzene rings is 1. The second-order valence-electron chi connectivity index (χ2n) is 2.72. The number of aliphatic hydroxyl groups is 1. The fourth-order valence-electron chi connectivity index (χ4n) is 0.973. The van der Waals surface area contributed by atoms with Crippen molar-refractivity contribution >= 4 is 0 Å². The first-order valence-corrected chi connectivity index (χ1v) is 3.64. The van der Waals surface area contributed by atoms with Crippen LogP contribution in [0.3, 0.4) is 0 Å². The molecule has 0 spiro atoms. The molecule has 0 bridgehead atoms. The van der Waals surface area contributed by atoms with E-state index in [0.29, 0.717) is 6.42 Å². The molecule has 1 rings (SSSR count). The summed E-state index contributed by atoms with van der Waals surface area (Å²) in [6.07, 6.45) is 0.319. The van der Waals surface area contributed by atoms with Crippen LogP contribution in [0, 0.1) is 0 Å². The molecule has 0 aliphatic heterocycles. The summed E-state index contributed by atoms with van der Waals surface area (Å²) in [5.41, 5.74) is 1.04. The summed E-state index contributed by atoms with van der Waals surface area (Å²) >= 11 is 0. The Kier molecular flexibility index (Phi) is 2.49. The maximum Gasteiger partial charge on any atom is 0.115 e. The lowest BCUT2D eigenvalue weighted by Crippen LogP contribution is -2.03. The molecule has 1 aromatic carbocycles. The molecular weight excluding hydrogens is 140 g/mol. The quantitative estimate of drug-likeness (QED) is 0.671. The first kappa shape index (κ1) is 8.08. The summed E-state index contributed by atoms with van der Waals surface area (Å²) in [5, 5.41) is 17.9. The standard InChI is InChI=1S/C9H12O2/c1-7(10)6-8-2-4-9(11)5-3-8/h2-5,7,10-11H,6H2,1H3/t7-/m1/s1.